The molecule has 3 nitrogen and oxygen atoms in total. The van der Waals surface area contributed by atoms with Gasteiger partial charge in [-0.2, -0.15) is 0 Å². The van der Waals surface area contributed by atoms with Crippen LogP contribution in [0.3, 0.4) is 0 Å². The number of methoxy groups -OCH3 is 1. The molecule has 2 heterocycles. The first-order chi connectivity index (χ1) is 8.69. The lowest BCUT2D eigenvalue weighted by Crippen LogP contribution is -2.17. The molecule has 18 heavy (non-hydrogen) atoms. The highest BCUT2D eigenvalue weighted by molar-refractivity contribution is 7.16. The molecule has 2 rings (SSSR count). The van der Waals surface area contributed by atoms with Gasteiger partial charge in [0, 0.05) is 29.7 Å². The van der Waals surface area contributed by atoms with E-state index in [1.54, 1.807) is 18.4 Å². The Balaban J connectivity index is 1.90. The molecule has 2 aromatic heterocycles. The topological polar surface area (TPSA) is 34.1 Å². The van der Waals surface area contributed by atoms with E-state index in [9.17, 15) is 0 Å². The summed E-state index contributed by atoms with van der Waals surface area (Å²) < 4.78 is 5.85. The van der Waals surface area contributed by atoms with Crippen LogP contribution < -0.4 is 10.1 Å². The standard InChI is InChI=1S/C13H15ClN2OS/c1-9(11-4-5-12(14)18-11)15-7-10-3-6-13(17-2)16-8-10/h3-6,8-9,15H,7H2,1-2H3. The Bertz CT molecular complexity index is 498. The quantitative estimate of drug-likeness (QED) is 0.909. The molecule has 0 fully saturated rings. The summed E-state index contributed by atoms with van der Waals surface area (Å²) in [6.07, 6.45) is 1.82. The molecule has 1 atom stereocenters. The van der Waals surface area contributed by atoms with Crippen LogP contribution >= 0.6 is 22.9 Å². The Morgan fingerprint density at radius 2 is 2.22 bits per heavy atom. The number of ether oxygens (including phenoxy) is 1. The van der Waals surface area contributed by atoms with Crippen molar-refractivity contribution in [1.29, 1.82) is 0 Å². The number of nitrogens with one attached hydrogen (secondary N) is 1. The molecule has 2 aromatic rings. The van der Waals surface area contributed by atoms with Gasteiger partial charge in [0.2, 0.25) is 5.88 Å². The molecule has 5 heteroatoms. The van der Waals surface area contributed by atoms with Gasteiger partial charge in [0.15, 0.2) is 0 Å². The zero-order valence-corrected chi connectivity index (χ0v) is 11.9. The Hall–Kier alpha value is -1.10. The Morgan fingerprint density at radius 3 is 2.78 bits per heavy atom. The van der Waals surface area contributed by atoms with Crippen molar-refractivity contribution in [1.82, 2.24) is 10.3 Å². The summed E-state index contributed by atoms with van der Waals surface area (Å²) in [5, 5.41) is 3.44. The van der Waals surface area contributed by atoms with Crippen LogP contribution in [0.5, 0.6) is 5.88 Å². The zero-order valence-electron chi connectivity index (χ0n) is 10.3. The minimum Gasteiger partial charge on any atom is -0.481 e. The molecule has 0 amide bonds. The summed E-state index contributed by atoms with van der Waals surface area (Å²) in [5.74, 6) is 0.636. The van der Waals surface area contributed by atoms with Crippen molar-refractivity contribution in [2.45, 2.75) is 19.5 Å². The van der Waals surface area contributed by atoms with Crippen LogP contribution in [0, 0.1) is 0 Å². The van der Waals surface area contributed by atoms with E-state index in [2.05, 4.69) is 23.3 Å². The van der Waals surface area contributed by atoms with Gasteiger partial charge in [-0.15, -0.1) is 11.3 Å². The highest BCUT2D eigenvalue weighted by Gasteiger charge is 2.07. The summed E-state index contributed by atoms with van der Waals surface area (Å²) in [7, 11) is 1.61. The van der Waals surface area contributed by atoms with Gasteiger partial charge in [-0.05, 0) is 24.6 Å². The van der Waals surface area contributed by atoms with Crippen molar-refractivity contribution in [2.75, 3.05) is 7.11 Å². The maximum Gasteiger partial charge on any atom is 0.212 e. The predicted molar refractivity (Wildman–Crippen MR) is 75.4 cm³/mol. The molecule has 0 aliphatic carbocycles. The van der Waals surface area contributed by atoms with Gasteiger partial charge in [0.1, 0.15) is 0 Å². The third-order valence-electron chi connectivity index (χ3n) is 2.64. The third kappa shape index (κ3) is 3.45. The fourth-order valence-electron chi connectivity index (χ4n) is 1.57. The molecule has 1 N–H and O–H groups in total. The monoisotopic (exact) mass is 282 g/mol. The number of hydrogen-bond acceptors (Lipinski definition) is 4. The van der Waals surface area contributed by atoms with Crippen molar-refractivity contribution >= 4 is 22.9 Å². The number of pyridine rings is 1. The van der Waals surface area contributed by atoms with E-state index in [1.165, 1.54) is 4.88 Å². The van der Waals surface area contributed by atoms with Crippen molar-refractivity contribution in [3.8, 4) is 5.88 Å². The van der Waals surface area contributed by atoms with Gasteiger partial charge >= 0.3 is 0 Å². The van der Waals surface area contributed by atoms with Crippen LogP contribution in [-0.4, -0.2) is 12.1 Å². The highest BCUT2D eigenvalue weighted by Crippen LogP contribution is 2.26. The lowest BCUT2D eigenvalue weighted by atomic mass is 10.2. The Morgan fingerprint density at radius 1 is 1.39 bits per heavy atom. The number of rotatable bonds is 5. The van der Waals surface area contributed by atoms with Gasteiger partial charge in [0.25, 0.3) is 0 Å². The lowest BCUT2D eigenvalue weighted by Gasteiger charge is -2.12. The van der Waals surface area contributed by atoms with Gasteiger partial charge < -0.3 is 10.1 Å². The summed E-state index contributed by atoms with van der Waals surface area (Å²) in [6, 6.07) is 8.13. The first-order valence-electron chi connectivity index (χ1n) is 5.66. The minimum atomic E-state index is 0.282. The van der Waals surface area contributed by atoms with Crippen LogP contribution in [0.15, 0.2) is 30.5 Å². The third-order valence-corrected chi connectivity index (χ3v) is 4.05. The molecule has 0 aromatic carbocycles. The maximum atomic E-state index is 5.92. The largest absolute Gasteiger partial charge is 0.481 e. The molecular weight excluding hydrogens is 268 g/mol. The first kappa shape index (κ1) is 13.3. The van der Waals surface area contributed by atoms with E-state index < -0.39 is 0 Å². The Labute approximate surface area is 116 Å². The van der Waals surface area contributed by atoms with E-state index in [0.29, 0.717) is 5.88 Å². The second kappa shape index (κ2) is 6.18. The van der Waals surface area contributed by atoms with Crippen molar-refractivity contribution in [3.05, 3.63) is 45.2 Å². The maximum absolute atomic E-state index is 5.92. The second-order valence-corrected chi connectivity index (χ2v) is 5.70. The minimum absolute atomic E-state index is 0.282. The molecule has 0 radical (unpaired) electrons. The van der Waals surface area contributed by atoms with Crippen molar-refractivity contribution in [3.63, 3.8) is 0 Å². The molecule has 0 saturated carbocycles. The van der Waals surface area contributed by atoms with E-state index in [0.717, 1.165) is 16.4 Å². The second-order valence-electron chi connectivity index (χ2n) is 3.95. The van der Waals surface area contributed by atoms with Crippen LogP contribution in [-0.2, 0) is 6.54 Å². The van der Waals surface area contributed by atoms with Crippen molar-refractivity contribution < 1.29 is 4.74 Å². The van der Waals surface area contributed by atoms with Crippen LogP contribution in [0.4, 0.5) is 0 Å². The molecule has 0 aliphatic rings. The van der Waals surface area contributed by atoms with Gasteiger partial charge in [-0.25, -0.2) is 4.98 Å². The summed E-state index contributed by atoms with van der Waals surface area (Å²) in [5.41, 5.74) is 1.13. The number of hydrogen-bond donors (Lipinski definition) is 1. The molecule has 0 aliphatic heterocycles. The highest BCUT2D eigenvalue weighted by atomic mass is 35.5. The van der Waals surface area contributed by atoms with Crippen LogP contribution in [0.2, 0.25) is 4.34 Å². The first-order valence-corrected chi connectivity index (χ1v) is 6.86. The van der Waals surface area contributed by atoms with E-state index in [4.69, 9.17) is 16.3 Å². The summed E-state index contributed by atoms with van der Waals surface area (Å²) in [6.45, 7) is 2.90. The molecule has 0 spiro atoms. The summed E-state index contributed by atoms with van der Waals surface area (Å²) in [4.78, 5) is 5.41. The normalized spacial score (nSPS) is 12.4. The number of halogens is 1. The Kier molecular flexibility index (Phi) is 4.58. The van der Waals surface area contributed by atoms with Crippen LogP contribution in [0.25, 0.3) is 0 Å². The van der Waals surface area contributed by atoms with Crippen LogP contribution in [0.1, 0.15) is 23.4 Å². The smallest absolute Gasteiger partial charge is 0.212 e. The average molecular weight is 283 g/mol. The van der Waals surface area contributed by atoms with Gasteiger partial charge in [-0.3, -0.25) is 0 Å². The molecule has 0 saturated heterocycles. The van der Waals surface area contributed by atoms with E-state index >= 15 is 0 Å². The number of nitrogens with zero attached hydrogens (tertiary/aromatic N) is 1. The van der Waals surface area contributed by atoms with E-state index in [-0.39, 0.29) is 6.04 Å². The number of thiophene rings is 1. The summed E-state index contributed by atoms with van der Waals surface area (Å²) >= 11 is 7.53. The predicted octanol–water partition coefficient (Wildman–Crippen LogP) is 3.66. The van der Waals surface area contributed by atoms with Gasteiger partial charge in [-0.1, -0.05) is 17.7 Å². The zero-order chi connectivity index (χ0) is 13.0. The van der Waals surface area contributed by atoms with E-state index in [1.807, 2.05) is 24.4 Å². The molecule has 1 unspecified atom stereocenters. The SMILES string of the molecule is COc1ccc(CNC(C)c2ccc(Cl)s2)cn1. The van der Waals surface area contributed by atoms with Crippen molar-refractivity contribution in [2.24, 2.45) is 0 Å². The molecule has 96 valence electrons. The fourth-order valence-corrected chi connectivity index (χ4v) is 2.66. The lowest BCUT2D eigenvalue weighted by molar-refractivity contribution is 0.397. The average Bonchev–Trinajstić information content (AvgIpc) is 2.83. The van der Waals surface area contributed by atoms with Gasteiger partial charge in [0.05, 0.1) is 11.4 Å². The molecule has 0 bridgehead atoms. The molecular formula is C13H15ClN2OS. The fraction of sp³-hybridized carbons (Fsp3) is 0.308. The number of aromatic nitrogens is 1.